The summed E-state index contributed by atoms with van der Waals surface area (Å²) in [6, 6.07) is 0. The van der Waals surface area contributed by atoms with Crippen LogP contribution in [0.25, 0.3) is 0 Å². The standard InChI is InChI=1S/C9H15F3O4/c1-3-15-7(2)4-16-8(13)5-14-6-9(10,11)12/h7H,3-6H2,1-2H3. The van der Waals surface area contributed by atoms with E-state index in [4.69, 9.17) is 4.74 Å². The van der Waals surface area contributed by atoms with Crippen molar-refractivity contribution in [2.24, 2.45) is 0 Å². The first-order valence-corrected chi connectivity index (χ1v) is 4.77. The van der Waals surface area contributed by atoms with Crippen molar-refractivity contribution in [3.05, 3.63) is 0 Å². The molecular weight excluding hydrogens is 229 g/mol. The zero-order valence-corrected chi connectivity index (χ0v) is 9.17. The molecule has 0 aromatic rings. The summed E-state index contributed by atoms with van der Waals surface area (Å²) in [5, 5.41) is 0. The molecule has 0 rings (SSSR count). The fourth-order valence-corrected chi connectivity index (χ4v) is 0.835. The predicted molar refractivity (Wildman–Crippen MR) is 48.9 cm³/mol. The number of hydrogen-bond acceptors (Lipinski definition) is 4. The van der Waals surface area contributed by atoms with Crippen LogP contribution >= 0.6 is 0 Å². The van der Waals surface area contributed by atoms with Gasteiger partial charge in [0.05, 0.1) is 6.10 Å². The van der Waals surface area contributed by atoms with Crippen LogP contribution in [0.3, 0.4) is 0 Å². The molecule has 0 saturated carbocycles. The second kappa shape index (κ2) is 7.45. The number of hydrogen-bond donors (Lipinski definition) is 0. The summed E-state index contributed by atoms with van der Waals surface area (Å²) >= 11 is 0. The first-order valence-electron chi connectivity index (χ1n) is 4.77. The summed E-state index contributed by atoms with van der Waals surface area (Å²) in [5.74, 6) is -0.837. The number of carbonyl (C=O) groups excluding carboxylic acids is 1. The van der Waals surface area contributed by atoms with Gasteiger partial charge in [-0.2, -0.15) is 13.2 Å². The Hall–Kier alpha value is -0.820. The molecule has 7 heteroatoms. The van der Waals surface area contributed by atoms with Gasteiger partial charge >= 0.3 is 12.1 Å². The summed E-state index contributed by atoms with van der Waals surface area (Å²) in [6.45, 7) is 1.78. The van der Waals surface area contributed by atoms with Gasteiger partial charge in [-0.15, -0.1) is 0 Å². The van der Waals surface area contributed by atoms with Crippen molar-refractivity contribution in [2.45, 2.75) is 26.1 Å². The fourth-order valence-electron chi connectivity index (χ4n) is 0.835. The van der Waals surface area contributed by atoms with E-state index in [9.17, 15) is 18.0 Å². The molecule has 0 saturated heterocycles. The third-order valence-electron chi connectivity index (χ3n) is 1.42. The lowest BCUT2D eigenvalue weighted by atomic mass is 10.4. The van der Waals surface area contributed by atoms with E-state index in [1.807, 2.05) is 0 Å². The molecule has 0 amide bonds. The second-order valence-electron chi connectivity index (χ2n) is 3.06. The number of rotatable bonds is 7. The van der Waals surface area contributed by atoms with E-state index in [0.717, 1.165) is 0 Å². The Bertz CT molecular complexity index is 205. The zero-order valence-electron chi connectivity index (χ0n) is 9.17. The Morgan fingerprint density at radius 3 is 2.50 bits per heavy atom. The van der Waals surface area contributed by atoms with Crippen molar-refractivity contribution in [1.82, 2.24) is 0 Å². The number of esters is 1. The van der Waals surface area contributed by atoms with Crippen LogP contribution in [-0.2, 0) is 19.0 Å². The minimum atomic E-state index is -4.43. The van der Waals surface area contributed by atoms with Gasteiger partial charge in [-0.05, 0) is 13.8 Å². The molecule has 0 radical (unpaired) electrons. The molecule has 0 N–H and O–H groups in total. The van der Waals surface area contributed by atoms with Crippen LogP contribution in [0.5, 0.6) is 0 Å². The van der Waals surface area contributed by atoms with E-state index in [1.54, 1.807) is 13.8 Å². The number of halogens is 3. The van der Waals surface area contributed by atoms with Gasteiger partial charge in [0, 0.05) is 6.61 Å². The quantitative estimate of drug-likeness (QED) is 0.637. The van der Waals surface area contributed by atoms with Gasteiger partial charge in [0.2, 0.25) is 0 Å². The summed E-state index contributed by atoms with van der Waals surface area (Å²) in [5.41, 5.74) is 0. The van der Waals surface area contributed by atoms with Gasteiger partial charge in [0.25, 0.3) is 0 Å². The van der Waals surface area contributed by atoms with Crippen molar-refractivity contribution in [1.29, 1.82) is 0 Å². The highest BCUT2D eigenvalue weighted by Gasteiger charge is 2.27. The average Bonchev–Trinajstić information content (AvgIpc) is 2.13. The molecule has 4 nitrogen and oxygen atoms in total. The van der Waals surface area contributed by atoms with Crippen LogP contribution < -0.4 is 0 Å². The lowest BCUT2D eigenvalue weighted by Crippen LogP contribution is -2.24. The fraction of sp³-hybridized carbons (Fsp3) is 0.889. The molecule has 0 aromatic heterocycles. The monoisotopic (exact) mass is 244 g/mol. The minimum Gasteiger partial charge on any atom is -0.461 e. The highest BCUT2D eigenvalue weighted by molar-refractivity contribution is 5.70. The number of alkyl halides is 3. The van der Waals surface area contributed by atoms with Crippen molar-refractivity contribution in [3.63, 3.8) is 0 Å². The zero-order chi connectivity index (χ0) is 12.6. The highest BCUT2D eigenvalue weighted by Crippen LogP contribution is 2.14. The van der Waals surface area contributed by atoms with Crippen LogP contribution in [0.15, 0.2) is 0 Å². The second-order valence-corrected chi connectivity index (χ2v) is 3.06. The maximum Gasteiger partial charge on any atom is 0.411 e. The van der Waals surface area contributed by atoms with Crippen molar-refractivity contribution in [3.8, 4) is 0 Å². The van der Waals surface area contributed by atoms with Gasteiger partial charge in [-0.3, -0.25) is 0 Å². The molecule has 1 atom stereocenters. The molecule has 0 fully saturated rings. The van der Waals surface area contributed by atoms with Gasteiger partial charge in [-0.25, -0.2) is 4.79 Å². The molecule has 0 aliphatic heterocycles. The molecule has 0 bridgehead atoms. The molecule has 16 heavy (non-hydrogen) atoms. The van der Waals surface area contributed by atoms with Gasteiger partial charge in [0.15, 0.2) is 0 Å². The summed E-state index contributed by atoms with van der Waals surface area (Å²) in [6.07, 6.45) is -4.71. The third-order valence-corrected chi connectivity index (χ3v) is 1.42. The third kappa shape index (κ3) is 9.72. The minimum absolute atomic E-state index is 0.00203. The first-order chi connectivity index (χ1) is 7.35. The van der Waals surface area contributed by atoms with Gasteiger partial charge in [0.1, 0.15) is 19.8 Å². The maximum atomic E-state index is 11.6. The number of ether oxygens (including phenoxy) is 3. The SMILES string of the molecule is CCOC(C)COC(=O)COCC(F)(F)F. The molecule has 96 valence electrons. The Morgan fingerprint density at radius 2 is 2.00 bits per heavy atom. The van der Waals surface area contributed by atoms with Gasteiger partial charge < -0.3 is 14.2 Å². The molecular formula is C9H15F3O4. The van der Waals surface area contributed by atoms with E-state index in [2.05, 4.69) is 9.47 Å². The van der Waals surface area contributed by atoms with Gasteiger partial charge in [-0.1, -0.05) is 0 Å². The Balaban J connectivity index is 3.52. The van der Waals surface area contributed by atoms with E-state index in [1.165, 1.54) is 0 Å². The topological polar surface area (TPSA) is 44.8 Å². The van der Waals surface area contributed by atoms with Crippen LogP contribution in [0, 0.1) is 0 Å². The smallest absolute Gasteiger partial charge is 0.411 e. The lowest BCUT2D eigenvalue weighted by Gasteiger charge is -2.12. The van der Waals surface area contributed by atoms with E-state index in [-0.39, 0.29) is 12.7 Å². The Kier molecular flexibility index (Phi) is 7.07. The predicted octanol–water partition coefficient (Wildman–Crippen LogP) is 1.53. The Morgan fingerprint density at radius 1 is 1.38 bits per heavy atom. The summed E-state index contributed by atoms with van der Waals surface area (Å²) < 4.78 is 48.6. The number of carbonyl (C=O) groups is 1. The molecule has 0 aliphatic rings. The molecule has 0 spiro atoms. The largest absolute Gasteiger partial charge is 0.461 e. The molecule has 0 aliphatic carbocycles. The summed E-state index contributed by atoms with van der Waals surface area (Å²) in [4.78, 5) is 10.9. The average molecular weight is 244 g/mol. The molecule has 0 heterocycles. The Labute approximate surface area is 91.7 Å². The van der Waals surface area contributed by atoms with Crippen molar-refractivity contribution >= 4 is 5.97 Å². The van der Waals surface area contributed by atoms with E-state index >= 15 is 0 Å². The molecule has 0 aromatic carbocycles. The van der Waals surface area contributed by atoms with Crippen LogP contribution in [-0.4, -0.2) is 44.7 Å². The van der Waals surface area contributed by atoms with Crippen molar-refractivity contribution in [2.75, 3.05) is 26.4 Å². The molecule has 1 unspecified atom stereocenters. The van der Waals surface area contributed by atoms with Crippen LogP contribution in [0.4, 0.5) is 13.2 Å². The first kappa shape index (κ1) is 15.2. The van der Waals surface area contributed by atoms with Crippen molar-refractivity contribution < 1.29 is 32.2 Å². The van der Waals surface area contributed by atoms with E-state index < -0.39 is 25.4 Å². The van der Waals surface area contributed by atoms with Crippen LogP contribution in [0.1, 0.15) is 13.8 Å². The normalized spacial score (nSPS) is 13.6. The lowest BCUT2D eigenvalue weighted by molar-refractivity contribution is -0.182. The van der Waals surface area contributed by atoms with Crippen LogP contribution in [0.2, 0.25) is 0 Å². The summed E-state index contributed by atoms with van der Waals surface area (Å²) in [7, 11) is 0. The van der Waals surface area contributed by atoms with E-state index in [0.29, 0.717) is 6.61 Å². The maximum absolute atomic E-state index is 11.6. The highest BCUT2D eigenvalue weighted by atomic mass is 19.4.